The van der Waals surface area contributed by atoms with Gasteiger partial charge in [-0.15, -0.1) is 11.3 Å². The average molecular weight is 543 g/mol. The van der Waals surface area contributed by atoms with Gasteiger partial charge in [-0.25, -0.2) is 0 Å². The second kappa shape index (κ2) is 11.1. The van der Waals surface area contributed by atoms with Crippen LogP contribution in [-0.2, 0) is 32.0 Å². The number of carbonyl (C=O) groups is 4. The number of nitrogens with zero attached hydrogens (tertiary/aromatic N) is 2. The Bertz CT molecular complexity index is 1460. The van der Waals surface area contributed by atoms with Crippen molar-refractivity contribution in [2.75, 3.05) is 6.54 Å². The highest BCUT2D eigenvalue weighted by Crippen LogP contribution is 2.46. The quantitative estimate of drug-likeness (QED) is 0.400. The van der Waals surface area contributed by atoms with Crippen LogP contribution in [0.5, 0.6) is 0 Å². The third kappa shape index (κ3) is 5.54. The molecule has 3 amide bonds. The van der Waals surface area contributed by atoms with Crippen molar-refractivity contribution < 1.29 is 24.3 Å². The minimum Gasteiger partial charge on any atom is -0.480 e. The highest BCUT2D eigenvalue weighted by molar-refractivity contribution is 7.15. The van der Waals surface area contributed by atoms with Crippen molar-refractivity contribution >= 4 is 35.0 Å². The Balaban J connectivity index is 1.40. The predicted molar refractivity (Wildman–Crippen MR) is 144 cm³/mol. The molecule has 3 aromatic rings. The van der Waals surface area contributed by atoms with Gasteiger partial charge in [0.2, 0.25) is 17.7 Å². The highest BCUT2D eigenvalue weighted by atomic mass is 32.1. The van der Waals surface area contributed by atoms with Crippen LogP contribution < -0.4 is 10.6 Å². The molecule has 2 aliphatic rings. The van der Waals surface area contributed by atoms with E-state index in [1.165, 1.54) is 0 Å². The van der Waals surface area contributed by atoms with Gasteiger partial charge >= 0.3 is 5.97 Å². The van der Waals surface area contributed by atoms with E-state index in [4.69, 9.17) is 10.4 Å². The summed E-state index contributed by atoms with van der Waals surface area (Å²) in [5.74, 6) is -2.34. The SMILES string of the molecule is N#Cc1ccc(-c2cc3c(s2)C[C@@H](C(=O)N[C@@H](Cc2ccccc2)C(=O)NCC(=O)O)N2C(=O)CC[C@H]32)cc1. The molecule has 1 aromatic heterocycles. The normalized spacial score (nSPS) is 18.4. The first-order valence-electron chi connectivity index (χ1n) is 12.6. The third-order valence-corrected chi connectivity index (χ3v) is 8.32. The van der Waals surface area contributed by atoms with E-state index in [0.29, 0.717) is 24.8 Å². The Morgan fingerprint density at radius 1 is 1.13 bits per heavy atom. The summed E-state index contributed by atoms with van der Waals surface area (Å²) in [5.41, 5.74) is 3.37. The van der Waals surface area contributed by atoms with E-state index >= 15 is 0 Å². The Kier molecular flexibility index (Phi) is 7.43. The monoisotopic (exact) mass is 542 g/mol. The van der Waals surface area contributed by atoms with Gasteiger partial charge in [-0.3, -0.25) is 19.2 Å². The van der Waals surface area contributed by atoms with Gasteiger partial charge in [0, 0.05) is 29.0 Å². The smallest absolute Gasteiger partial charge is 0.322 e. The molecular formula is C29H26N4O5S. The molecule has 39 heavy (non-hydrogen) atoms. The van der Waals surface area contributed by atoms with Crippen LogP contribution in [0.25, 0.3) is 10.4 Å². The molecule has 1 fully saturated rings. The van der Waals surface area contributed by atoms with Crippen molar-refractivity contribution in [3.8, 4) is 16.5 Å². The molecule has 0 radical (unpaired) electrons. The molecule has 3 heterocycles. The Hall–Kier alpha value is -4.49. The number of benzene rings is 2. The number of hydrogen-bond donors (Lipinski definition) is 3. The summed E-state index contributed by atoms with van der Waals surface area (Å²) in [6.07, 6.45) is 1.43. The number of carboxylic acids is 1. The van der Waals surface area contributed by atoms with Crippen molar-refractivity contribution in [3.63, 3.8) is 0 Å². The van der Waals surface area contributed by atoms with Crippen molar-refractivity contribution in [2.45, 2.75) is 43.8 Å². The van der Waals surface area contributed by atoms with E-state index in [-0.39, 0.29) is 18.4 Å². The van der Waals surface area contributed by atoms with E-state index in [2.05, 4.69) is 22.8 Å². The van der Waals surface area contributed by atoms with Crippen LogP contribution in [0.15, 0.2) is 60.7 Å². The number of rotatable bonds is 8. The molecule has 0 bridgehead atoms. The maximum atomic E-state index is 13.7. The van der Waals surface area contributed by atoms with Crippen molar-refractivity contribution in [2.24, 2.45) is 0 Å². The van der Waals surface area contributed by atoms with Gasteiger partial charge in [-0.1, -0.05) is 42.5 Å². The molecule has 0 unspecified atom stereocenters. The summed E-state index contributed by atoms with van der Waals surface area (Å²) in [6.45, 7) is -0.563. The number of thiophene rings is 1. The number of nitrogens with one attached hydrogen (secondary N) is 2. The molecule has 2 aromatic carbocycles. The molecule has 1 saturated heterocycles. The first-order valence-corrected chi connectivity index (χ1v) is 13.4. The van der Waals surface area contributed by atoms with E-state index in [9.17, 15) is 19.2 Å². The van der Waals surface area contributed by atoms with Crippen LogP contribution in [0, 0.1) is 11.3 Å². The fourth-order valence-corrected chi connectivity index (χ4v) is 6.50. The number of hydrogen-bond acceptors (Lipinski definition) is 6. The van der Waals surface area contributed by atoms with Gasteiger partial charge in [0.05, 0.1) is 17.7 Å². The van der Waals surface area contributed by atoms with E-state index in [0.717, 1.165) is 26.4 Å². The zero-order valence-corrected chi connectivity index (χ0v) is 21.7. The molecule has 3 N–H and O–H groups in total. The minimum absolute atomic E-state index is 0.105. The first-order chi connectivity index (χ1) is 18.8. The largest absolute Gasteiger partial charge is 0.480 e. The molecule has 0 saturated carbocycles. The van der Waals surface area contributed by atoms with Gasteiger partial charge < -0.3 is 20.6 Å². The molecule has 0 spiro atoms. The molecule has 5 rings (SSSR count). The molecule has 3 atom stereocenters. The van der Waals surface area contributed by atoms with Crippen molar-refractivity contribution in [1.29, 1.82) is 5.26 Å². The van der Waals surface area contributed by atoms with Gasteiger partial charge in [0.1, 0.15) is 18.6 Å². The summed E-state index contributed by atoms with van der Waals surface area (Å²) in [5, 5.41) is 23.3. The zero-order valence-electron chi connectivity index (χ0n) is 20.9. The molecule has 0 aliphatic carbocycles. The minimum atomic E-state index is -1.19. The summed E-state index contributed by atoms with van der Waals surface area (Å²) < 4.78 is 0. The van der Waals surface area contributed by atoms with E-state index < -0.39 is 36.4 Å². The number of carboxylic acid groups (broad SMARTS) is 1. The molecule has 2 aliphatic heterocycles. The number of nitriles is 1. The van der Waals surface area contributed by atoms with E-state index in [1.54, 1.807) is 28.4 Å². The summed E-state index contributed by atoms with van der Waals surface area (Å²) in [7, 11) is 0. The second-order valence-corrected chi connectivity index (χ2v) is 10.8. The standard InChI is InChI=1S/C29H26N4O5S/c30-15-18-6-8-19(9-7-18)24-13-20-22-10-11-26(34)33(22)23(14-25(20)39-24)29(38)32-21(28(37)31-16-27(35)36)12-17-4-2-1-3-5-17/h1-9,13,21-23H,10-12,14,16H2,(H,31,37)(H,32,38)(H,35,36)/t21-,22+,23-/m0/s1. The predicted octanol–water partition coefficient (Wildman–Crippen LogP) is 2.80. The van der Waals surface area contributed by atoms with Crippen LogP contribution in [0.1, 0.15) is 40.5 Å². The fraction of sp³-hybridized carbons (Fsp3) is 0.276. The fourth-order valence-electron chi connectivity index (χ4n) is 5.24. The molecule has 9 nitrogen and oxygen atoms in total. The second-order valence-electron chi connectivity index (χ2n) is 9.62. The van der Waals surface area contributed by atoms with Crippen LogP contribution >= 0.6 is 11.3 Å². The lowest BCUT2D eigenvalue weighted by Crippen LogP contribution is -2.57. The molecule has 10 heteroatoms. The Labute approximate surface area is 229 Å². The summed E-state index contributed by atoms with van der Waals surface area (Å²) in [4.78, 5) is 54.1. The number of aliphatic carboxylic acids is 1. The van der Waals surface area contributed by atoms with Crippen molar-refractivity contribution in [3.05, 3.63) is 82.2 Å². The molecular weight excluding hydrogens is 516 g/mol. The van der Waals surface area contributed by atoms with E-state index in [1.807, 2.05) is 42.5 Å². The lowest BCUT2D eigenvalue weighted by molar-refractivity contribution is -0.141. The number of amides is 3. The average Bonchev–Trinajstić information content (AvgIpc) is 3.55. The molecule has 198 valence electrons. The van der Waals surface area contributed by atoms with Crippen LogP contribution in [0.4, 0.5) is 0 Å². The topological polar surface area (TPSA) is 140 Å². The number of fused-ring (bicyclic) bond motifs is 3. The Morgan fingerprint density at radius 2 is 1.87 bits per heavy atom. The summed E-state index contributed by atoms with van der Waals surface area (Å²) in [6, 6.07) is 18.6. The Morgan fingerprint density at radius 3 is 2.56 bits per heavy atom. The lowest BCUT2D eigenvalue weighted by atomic mass is 9.93. The van der Waals surface area contributed by atoms with Gasteiger partial charge in [0.15, 0.2) is 0 Å². The van der Waals surface area contributed by atoms with Gasteiger partial charge in [0.25, 0.3) is 0 Å². The van der Waals surface area contributed by atoms with Crippen molar-refractivity contribution in [1.82, 2.24) is 15.5 Å². The zero-order chi connectivity index (χ0) is 27.5. The first kappa shape index (κ1) is 26.1. The third-order valence-electron chi connectivity index (χ3n) is 7.10. The van der Waals surface area contributed by atoms with Gasteiger partial charge in [-0.05, 0) is 41.3 Å². The maximum Gasteiger partial charge on any atom is 0.322 e. The number of carbonyl (C=O) groups excluding carboxylic acids is 3. The lowest BCUT2D eigenvalue weighted by Gasteiger charge is -2.37. The summed E-state index contributed by atoms with van der Waals surface area (Å²) >= 11 is 1.57. The maximum absolute atomic E-state index is 13.7. The van der Waals surface area contributed by atoms with Crippen LogP contribution in [0.2, 0.25) is 0 Å². The van der Waals surface area contributed by atoms with Crippen LogP contribution in [-0.4, -0.2) is 52.3 Å². The highest BCUT2D eigenvalue weighted by Gasteiger charge is 2.46. The van der Waals surface area contributed by atoms with Gasteiger partial charge in [-0.2, -0.15) is 5.26 Å². The van der Waals surface area contributed by atoms with Crippen LogP contribution in [0.3, 0.4) is 0 Å².